The second kappa shape index (κ2) is 8.13. The van der Waals surface area contributed by atoms with Gasteiger partial charge in [-0.05, 0) is 28.1 Å². The van der Waals surface area contributed by atoms with E-state index in [4.69, 9.17) is 15.2 Å². The number of nitrogens with zero attached hydrogens (tertiary/aromatic N) is 1. The Morgan fingerprint density at radius 2 is 2.04 bits per heavy atom. The molecule has 23 heavy (non-hydrogen) atoms. The van der Waals surface area contributed by atoms with Crippen LogP contribution in [0.5, 0.6) is 0 Å². The Bertz CT molecular complexity index is 461. The average molecular weight is 405 g/mol. The third-order valence-electron chi connectivity index (χ3n) is 3.98. The summed E-state index contributed by atoms with van der Waals surface area (Å²) < 4.78 is 12.4. The minimum absolute atomic E-state index is 0.226. The van der Waals surface area contributed by atoms with E-state index in [9.17, 15) is 0 Å². The molecular weight excluding hydrogens is 376 g/mol. The van der Waals surface area contributed by atoms with Crippen molar-refractivity contribution in [3.63, 3.8) is 0 Å². The average Bonchev–Trinajstić information content (AvgIpc) is 2.50. The summed E-state index contributed by atoms with van der Waals surface area (Å²) in [5, 5.41) is 6.59. The smallest absolute Gasteiger partial charge is 0.203 e. The lowest BCUT2D eigenvalue weighted by Crippen LogP contribution is -2.69. The third-order valence-corrected chi connectivity index (χ3v) is 6.15. The van der Waals surface area contributed by atoms with Gasteiger partial charge in [0, 0.05) is 51.5 Å². The van der Waals surface area contributed by atoms with Crippen LogP contribution in [0.3, 0.4) is 0 Å². The number of piperazine rings is 1. The van der Waals surface area contributed by atoms with E-state index in [1.54, 1.807) is 0 Å². The first-order chi connectivity index (χ1) is 10.8. The molecule has 1 fully saturated rings. The van der Waals surface area contributed by atoms with E-state index in [1.165, 1.54) is 0 Å². The number of ether oxygens (including phenoxy) is 2. The molecule has 132 valence electrons. The number of nitrogens with two attached hydrogens (primary N) is 1. The van der Waals surface area contributed by atoms with Crippen LogP contribution in [-0.2, 0) is 9.47 Å². The summed E-state index contributed by atoms with van der Waals surface area (Å²) in [5.74, 6) is -0.136. The number of nitrogens with one attached hydrogen (secondary N) is 2. The fourth-order valence-electron chi connectivity index (χ4n) is 2.49. The van der Waals surface area contributed by atoms with Crippen LogP contribution in [0.15, 0.2) is 22.5 Å². The summed E-state index contributed by atoms with van der Waals surface area (Å²) in [6.07, 6.45) is 3.78. The molecular formula is C15H29BrN4O2Si. The Labute approximate surface area is 148 Å². The third kappa shape index (κ3) is 5.58. The molecule has 1 atom stereocenters. The Morgan fingerprint density at radius 1 is 1.35 bits per heavy atom. The predicted molar refractivity (Wildman–Crippen MR) is 99.6 cm³/mol. The number of hydrogen-bond acceptors (Lipinski definition) is 6. The second-order valence-corrected chi connectivity index (χ2v) is 13.7. The van der Waals surface area contributed by atoms with Gasteiger partial charge in [0.25, 0.3) is 0 Å². The lowest BCUT2D eigenvalue weighted by molar-refractivity contribution is -0.0561. The van der Waals surface area contributed by atoms with Crippen LogP contribution in [0.4, 0.5) is 0 Å². The zero-order valence-electron chi connectivity index (χ0n) is 14.3. The highest BCUT2D eigenvalue weighted by atomic mass is 79.9. The van der Waals surface area contributed by atoms with Crippen molar-refractivity contribution >= 4 is 24.0 Å². The normalized spacial score (nSPS) is 26.3. The van der Waals surface area contributed by atoms with Crippen LogP contribution in [0, 0.1) is 0 Å². The number of halogens is 1. The van der Waals surface area contributed by atoms with E-state index < -0.39 is 13.9 Å². The van der Waals surface area contributed by atoms with Gasteiger partial charge >= 0.3 is 0 Å². The van der Waals surface area contributed by atoms with Crippen molar-refractivity contribution in [3.8, 4) is 0 Å². The minimum Gasteiger partial charge on any atom is -0.466 e. The molecule has 2 heterocycles. The molecule has 1 saturated heterocycles. The van der Waals surface area contributed by atoms with Crippen molar-refractivity contribution in [1.82, 2.24) is 15.5 Å². The molecule has 0 aromatic rings. The monoisotopic (exact) mass is 404 g/mol. The first-order valence-corrected chi connectivity index (χ1v) is 12.6. The Morgan fingerprint density at radius 3 is 2.70 bits per heavy atom. The van der Waals surface area contributed by atoms with Crippen LogP contribution in [0.1, 0.15) is 0 Å². The Kier molecular flexibility index (Phi) is 6.70. The molecule has 0 aliphatic carbocycles. The lowest BCUT2D eigenvalue weighted by Gasteiger charge is -2.45. The maximum atomic E-state index is 6.60. The molecule has 2 aliphatic heterocycles. The topological polar surface area (TPSA) is 71.8 Å². The van der Waals surface area contributed by atoms with E-state index in [2.05, 4.69) is 51.1 Å². The van der Waals surface area contributed by atoms with Crippen molar-refractivity contribution in [2.45, 2.75) is 31.5 Å². The summed E-state index contributed by atoms with van der Waals surface area (Å²) in [6.45, 7) is 11.5. The van der Waals surface area contributed by atoms with Crippen LogP contribution < -0.4 is 16.4 Å². The zero-order chi connectivity index (χ0) is 16.9. The van der Waals surface area contributed by atoms with Crippen molar-refractivity contribution in [2.75, 3.05) is 39.6 Å². The molecule has 0 saturated carbocycles. The molecule has 0 spiro atoms. The van der Waals surface area contributed by atoms with E-state index in [1.807, 2.05) is 12.3 Å². The van der Waals surface area contributed by atoms with Crippen LogP contribution >= 0.6 is 15.9 Å². The fraction of sp³-hybridized carbons (Fsp3) is 0.733. The van der Waals surface area contributed by atoms with Crippen LogP contribution in [-0.4, -0.2) is 58.3 Å². The Hall–Kier alpha value is -0.383. The van der Waals surface area contributed by atoms with E-state index >= 15 is 0 Å². The summed E-state index contributed by atoms with van der Waals surface area (Å²) in [7, 11) is -1.08. The summed E-state index contributed by atoms with van der Waals surface area (Å²) in [5.41, 5.74) is 6.60. The van der Waals surface area contributed by atoms with Crippen molar-refractivity contribution in [2.24, 2.45) is 5.73 Å². The summed E-state index contributed by atoms with van der Waals surface area (Å²) >= 11 is 3.47. The van der Waals surface area contributed by atoms with Crippen LogP contribution in [0.25, 0.3) is 0 Å². The van der Waals surface area contributed by atoms with Gasteiger partial charge in [0.2, 0.25) is 5.79 Å². The number of allylic oxidation sites excluding steroid dienone is 2. The van der Waals surface area contributed by atoms with E-state index in [0.29, 0.717) is 5.76 Å². The highest BCUT2D eigenvalue weighted by Gasteiger charge is 2.40. The quantitative estimate of drug-likeness (QED) is 0.339. The Balaban J connectivity index is 1.91. The van der Waals surface area contributed by atoms with Gasteiger partial charge in [-0.3, -0.25) is 10.6 Å². The largest absolute Gasteiger partial charge is 0.466 e. The predicted octanol–water partition coefficient (Wildman–Crippen LogP) is 1.56. The molecule has 4 N–H and O–H groups in total. The van der Waals surface area contributed by atoms with Crippen molar-refractivity contribution in [1.29, 1.82) is 0 Å². The van der Waals surface area contributed by atoms with Gasteiger partial charge in [0.1, 0.15) is 0 Å². The summed E-state index contributed by atoms with van der Waals surface area (Å²) in [4.78, 5) is 2.19. The number of hydrogen-bond donors (Lipinski definition) is 3. The second-order valence-electron chi connectivity index (χ2n) is 7.17. The maximum absolute atomic E-state index is 6.60. The molecule has 0 bridgehead atoms. The van der Waals surface area contributed by atoms with Gasteiger partial charge in [-0.1, -0.05) is 19.6 Å². The van der Waals surface area contributed by atoms with Gasteiger partial charge in [0.15, 0.2) is 12.6 Å². The van der Waals surface area contributed by atoms with Gasteiger partial charge in [-0.15, -0.1) is 0 Å². The molecule has 6 nitrogen and oxygen atoms in total. The first-order valence-electron chi connectivity index (χ1n) is 8.12. The van der Waals surface area contributed by atoms with Gasteiger partial charge in [-0.25, -0.2) is 0 Å². The molecule has 8 heteroatoms. The fourth-order valence-corrected chi connectivity index (χ4v) is 3.56. The lowest BCUT2D eigenvalue weighted by atomic mass is 10.1. The zero-order valence-corrected chi connectivity index (χ0v) is 16.9. The van der Waals surface area contributed by atoms with Gasteiger partial charge < -0.3 is 20.1 Å². The molecule has 0 aromatic carbocycles. The van der Waals surface area contributed by atoms with Crippen molar-refractivity contribution < 1.29 is 9.47 Å². The van der Waals surface area contributed by atoms with Crippen molar-refractivity contribution in [3.05, 3.63) is 22.5 Å². The molecule has 0 radical (unpaired) electrons. The molecule has 0 amide bonds. The highest BCUT2D eigenvalue weighted by molar-refractivity contribution is 9.11. The molecule has 0 aromatic heterocycles. The summed E-state index contributed by atoms with van der Waals surface area (Å²) in [6, 6.07) is 1.13. The van der Waals surface area contributed by atoms with Gasteiger partial charge in [-0.2, -0.15) is 0 Å². The maximum Gasteiger partial charge on any atom is 0.203 e. The standard InChI is InChI=1S/C15H29BrN4O2Si/c1-23(2,3)9-8-21-12-22-14-10-13(16)11-19-15(14,17)20-6-4-18-5-7-20/h10-11,18-19H,4-9,12,17H2,1-3H3. The van der Waals surface area contributed by atoms with E-state index in [-0.39, 0.29) is 6.79 Å². The molecule has 2 rings (SSSR count). The van der Waals surface area contributed by atoms with Crippen LogP contribution in [0.2, 0.25) is 25.7 Å². The molecule has 2 aliphatic rings. The number of dihydropyridines is 1. The van der Waals surface area contributed by atoms with E-state index in [0.717, 1.165) is 43.3 Å². The minimum atomic E-state index is -1.08. The van der Waals surface area contributed by atoms with Gasteiger partial charge in [0.05, 0.1) is 0 Å². The number of rotatable bonds is 7. The molecule has 1 unspecified atom stereocenters. The highest BCUT2D eigenvalue weighted by Crippen LogP contribution is 2.26. The SMILES string of the molecule is C[Si](C)(C)CCOCOC1=CC(Br)=CNC1(N)N1CCNCC1. The first kappa shape index (κ1) is 18.9.